The van der Waals surface area contributed by atoms with Gasteiger partial charge in [-0.15, -0.1) is 0 Å². The number of carbonyl (C=O) groups excluding carboxylic acids is 1. The molecule has 136 valence electrons. The Balaban J connectivity index is 1.69. The van der Waals surface area contributed by atoms with Gasteiger partial charge in [0.15, 0.2) is 0 Å². The van der Waals surface area contributed by atoms with E-state index in [9.17, 15) is 14.9 Å². The van der Waals surface area contributed by atoms with Crippen LogP contribution in [0.15, 0.2) is 42.7 Å². The number of nitrogens with zero attached hydrogens (tertiary/aromatic N) is 4. The Kier molecular flexibility index (Phi) is 5.43. The molecule has 1 aromatic heterocycles. The van der Waals surface area contributed by atoms with Gasteiger partial charge < -0.3 is 9.64 Å². The lowest BCUT2D eigenvalue weighted by Crippen LogP contribution is -2.46. The van der Waals surface area contributed by atoms with Crippen molar-refractivity contribution in [3.05, 3.63) is 64.0 Å². The van der Waals surface area contributed by atoms with Crippen LogP contribution < -0.4 is 4.90 Å². The third kappa shape index (κ3) is 3.97. The van der Waals surface area contributed by atoms with Gasteiger partial charge in [-0.1, -0.05) is 6.07 Å². The maximum Gasteiger partial charge on any atom is 0.344 e. The van der Waals surface area contributed by atoms with E-state index < -0.39 is 10.9 Å². The third-order valence-electron chi connectivity index (χ3n) is 4.45. The zero-order valence-corrected chi connectivity index (χ0v) is 14.5. The van der Waals surface area contributed by atoms with Gasteiger partial charge in [-0.05, 0) is 23.8 Å². The summed E-state index contributed by atoms with van der Waals surface area (Å²) >= 11 is 0. The van der Waals surface area contributed by atoms with Gasteiger partial charge in [-0.2, -0.15) is 0 Å². The average Bonchev–Trinajstić information content (AvgIpc) is 2.68. The van der Waals surface area contributed by atoms with Crippen molar-refractivity contribution >= 4 is 17.3 Å². The van der Waals surface area contributed by atoms with Gasteiger partial charge in [0.1, 0.15) is 5.56 Å². The fourth-order valence-electron chi connectivity index (χ4n) is 3.07. The molecule has 0 aliphatic carbocycles. The van der Waals surface area contributed by atoms with E-state index in [0.717, 1.165) is 38.4 Å². The summed E-state index contributed by atoms with van der Waals surface area (Å²) < 4.78 is 4.68. The molecule has 0 N–H and O–H groups in total. The lowest BCUT2D eigenvalue weighted by atomic mass is 10.1. The fraction of sp³-hybridized carbons (Fsp3) is 0.333. The maximum absolute atomic E-state index is 11.9. The summed E-state index contributed by atoms with van der Waals surface area (Å²) in [7, 11) is 1.22. The Bertz CT molecular complexity index is 789. The summed E-state index contributed by atoms with van der Waals surface area (Å²) in [6, 6.07) is 8.57. The van der Waals surface area contributed by atoms with E-state index in [1.807, 2.05) is 12.3 Å². The number of rotatable bonds is 5. The predicted octanol–water partition coefficient (Wildman–Crippen LogP) is 2.10. The number of aromatic nitrogens is 1. The van der Waals surface area contributed by atoms with E-state index in [1.54, 1.807) is 18.3 Å². The lowest BCUT2D eigenvalue weighted by Gasteiger charge is -2.36. The quantitative estimate of drug-likeness (QED) is 0.460. The minimum atomic E-state index is -0.700. The van der Waals surface area contributed by atoms with Crippen LogP contribution in [-0.2, 0) is 11.3 Å². The minimum absolute atomic E-state index is 0.0206. The molecule has 1 aliphatic heterocycles. The van der Waals surface area contributed by atoms with E-state index >= 15 is 0 Å². The molecule has 1 saturated heterocycles. The molecule has 3 rings (SSSR count). The summed E-state index contributed by atoms with van der Waals surface area (Å²) in [5.74, 6) is -0.700. The maximum atomic E-state index is 11.9. The summed E-state index contributed by atoms with van der Waals surface area (Å²) in [4.78, 5) is 31.0. The first-order valence-corrected chi connectivity index (χ1v) is 8.31. The van der Waals surface area contributed by atoms with Crippen molar-refractivity contribution in [3.63, 3.8) is 0 Å². The summed E-state index contributed by atoms with van der Waals surface area (Å²) in [5.41, 5.74) is 1.70. The van der Waals surface area contributed by atoms with Crippen LogP contribution in [0.25, 0.3) is 0 Å². The third-order valence-corrected chi connectivity index (χ3v) is 4.45. The van der Waals surface area contributed by atoms with Crippen molar-refractivity contribution in [1.29, 1.82) is 0 Å². The van der Waals surface area contributed by atoms with Crippen LogP contribution in [0.3, 0.4) is 0 Å². The molecular weight excluding hydrogens is 336 g/mol. The monoisotopic (exact) mass is 356 g/mol. The number of anilines is 1. The van der Waals surface area contributed by atoms with Crippen LogP contribution in [0.4, 0.5) is 11.4 Å². The number of benzene rings is 1. The SMILES string of the molecule is COC(=O)c1cc(N2CCN(Cc3cccnc3)CC2)ccc1[N+](=O)[O-]. The zero-order valence-electron chi connectivity index (χ0n) is 14.5. The van der Waals surface area contributed by atoms with E-state index in [0.29, 0.717) is 0 Å². The standard InChI is InChI=1S/C18H20N4O4/c1-26-18(23)16-11-15(4-5-17(16)22(24)25)21-9-7-20(8-10-21)13-14-3-2-6-19-12-14/h2-6,11-12H,7-10,13H2,1H3. The van der Waals surface area contributed by atoms with Gasteiger partial charge in [0.05, 0.1) is 12.0 Å². The molecule has 0 saturated carbocycles. The summed E-state index contributed by atoms with van der Waals surface area (Å²) in [5, 5.41) is 11.1. The van der Waals surface area contributed by atoms with Crippen LogP contribution in [0.2, 0.25) is 0 Å². The highest BCUT2D eigenvalue weighted by Gasteiger charge is 2.24. The molecule has 2 heterocycles. The second kappa shape index (κ2) is 7.92. The smallest absolute Gasteiger partial charge is 0.344 e. The molecule has 8 nitrogen and oxygen atoms in total. The molecule has 1 aliphatic rings. The van der Waals surface area contributed by atoms with Crippen LogP contribution in [0, 0.1) is 10.1 Å². The van der Waals surface area contributed by atoms with Gasteiger partial charge in [-0.25, -0.2) is 4.79 Å². The highest BCUT2D eigenvalue weighted by atomic mass is 16.6. The topological polar surface area (TPSA) is 88.8 Å². The highest BCUT2D eigenvalue weighted by Crippen LogP contribution is 2.26. The van der Waals surface area contributed by atoms with Gasteiger partial charge in [0.2, 0.25) is 0 Å². The van der Waals surface area contributed by atoms with Crippen molar-refractivity contribution in [2.24, 2.45) is 0 Å². The molecular formula is C18H20N4O4. The van der Waals surface area contributed by atoms with Crippen molar-refractivity contribution in [2.75, 3.05) is 38.2 Å². The van der Waals surface area contributed by atoms with Gasteiger partial charge in [0, 0.05) is 56.9 Å². The molecule has 0 bridgehead atoms. The molecule has 1 aromatic carbocycles. The Labute approximate surface area is 151 Å². The second-order valence-electron chi connectivity index (χ2n) is 6.07. The fourth-order valence-corrected chi connectivity index (χ4v) is 3.07. The minimum Gasteiger partial charge on any atom is -0.465 e. The number of nitro groups is 1. The van der Waals surface area contributed by atoms with Gasteiger partial charge in [-0.3, -0.25) is 20.0 Å². The Hall–Kier alpha value is -3.00. The van der Waals surface area contributed by atoms with Crippen molar-refractivity contribution in [1.82, 2.24) is 9.88 Å². The average molecular weight is 356 g/mol. The number of pyridine rings is 1. The van der Waals surface area contributed by atoms with Crippen LogP contribution >= 0.6 is 0 Å². The van der Waals surface area contributed by atoms with Gasteiger partial charge >= 0.3 is 5.97 Å². The Morgan fingerprint density at radius 3 is 2.65 bits per heavy atom. The molecule has 8 heteroatoms. The molecule has 2 aromatic rings. The number of carbonyl (C=O) groups is 1. The lowest BCUT2D eigenvalue weighted by molar-refractivity contribution is -0.385. The Morgan fingerprint density at radius 1 is 1.27 bits per heavy atom. The van der Waals surface area contributed by atoms with Crippen molar-refractivity contribution < 1.29 is 14.5 Å². The number of hydrogen-bond acceptors (Lipinski definition) is 7. The number of methoxy groups -OCH3 is 1. The number of nitro benzene ring substituents is 1. The summed E-state index contributed by atoms with van der Waals surface area (Å²) in [6.07, 6.45) is 3.63. The molecule has 0 radical (unpaired) electrons. The van der Waals surface area contributed by atoms with Crippen LogP contribution in [0.1, 0.15) is 15.9 Å². The highest BCUT2D eigenvalue weighted by molar-refractivity contribution is 5.95. The molecule has 26 heavy (non-hydrogen) atoms. The van der Waals surface area contributed by atoms with Crippen molar-refractivity contribution in [3.8, 4) is 0 Å². The largest absolute Gasteiger partial charge is 0.465 e. The first-order chi connectivity index (χ1) is 12.6. The molecule has 1 fully saturated rings. The van der Waals surface area contributed by atoms with Crippen LogP contribution in [0.5, 0.6) is 0 Å². The van der Waals surface area contributed by atoms with E-state index in [-0.39, 0.29) is 11.3 Å². The number of hydrogen-bond donors (Lipinski definition) is 0. The molecule has 0 spiro atoms. The van der Waals surface area contributed by atoms with E-state index in [1.165, 1.54) is 18.7 Å². The first kappa shape index (κ1) is 17.8. The molecule has 0 amide bonds. The van der Waals surface area contributed by atoms with E-state index in [4.69, 9.17) is 0 Å². The normalized spacial score (nSPS) is 14.9. The summed E-state index contributed by atoms with van der Waals surface area (Å²) in [6.45, 7) is 4.12. The number of piperazine rings is 1. The van der Waals surface area contributed by atoms with Crippen LogP contribution in [-0.4, -0.2) is 54.1 Å². The predicted molar refractivity (Wildman–Crippen MR) is 96.2 cm³/mol. The molecule has 0 atom stereocenters. The van der Waals surface area contributed by atoms with Crippen molar-refractivity contribution in [2.45, 2.75) is 6.54 Å². The first-order valence-electron chi connectivity index (χ1n) is 8.31. The molecule has 0 unspecified atom stereocenters. The number of ether oxygens (including phenoxy) is 1. The zero-order chi connectivity index (χ0) is 18.5. The van der Waals surface area contributed by atoms with E-state index in [2.05, 4.69) is 25.6 Å². The Morgan fingerprint density at radius 2 is 2.04 bits per heavy atom. The number of esters is 1. The second-order valence-corrected chi connectivity index (χ2v) is 6.07. The van der Waals surface area contributed by atoms with Gasteiger partial charge in [0.25, 0.3) is 5.69 Å².